The van der Waals surface area contributed by atoms with Crippen LogP contribution in [-0.2, 0) is 0 Å². The van der Waals surface area contributed by atoms with E-state index in [4.69, 9.17) is 4.74 Å². The molecule has 2 aromatic rings. The fraction of sp³-hybridized carbons (Fsp3) is 0.267. The van der Waals surface area contributed by atoms with Crippen molar-refractivity contribution < 1.29 is 4.74 Å². The van der Waals surface area contributed by atoms with E-state index < -0.39 is 0 Å². The molecule has 1 aliphatic rings. The van der Waals surface area contributed by atoms with Gasteiger partial charge in [-0.15, -0.1) is 0 Å². The number of pyridine rings is 1. The lowest BCUT2D eigenvalue weighted by atomic mass is 10.3. The minimum absolute atomic E-state index is 0.246. The van der Waals surface area contributed by atoms with E-state index in [1.54, 1.807) is 6.20 Å². The highest BCUT2D eigenvalue weighted by Crippen LogP contribution is 2.34. The number of aromatic nitrogens is 1. The molecule has 0 spiro atoms. The summed E-state index contributed by atoms with van der Waals surface area (Å²) >= 11 is 0. The van der Waals surface area contributed by atoms with E-state index in [2.05, 4.69) is 20.1 Å². The smallest absolute Gasteiger partial charge is 0.253 e. The maximum atomic E-state index is 5.95. The zero-order chi connectivity index (χ0) is 13.9. The van der Waals surface area contributed by atoms with Gasteiger partial charge >= 0.3 is 0 Å². The Morgan fingerprint density at radius 3 is 2.75 bits per heavy atom. The van der Waals surface area contributed by atoms with Gasteiger partial charge in [0.2, 0.25) is 0 Å². The van der Waals surface area contributed by atoms with Crippen molar-refractivity contribution in [2.75, 3.05) is 31.0 Å². The minimum atomic E-state index is -0.246. The molecule has 0 radical (unpaired) electrons. The highest BCUT2D eigenvalue weighted by Gasteiger charge is 2.32. The number of hydrogen-bond acceptors (Lipinski definition) is 5. The molecule has 0 amide bonds. The lowest BCUT2D eigenvalue weighted by Gasteiger charge is -2.28. The third-order valence-electron chi connectivity index (χ3n) is 3.04. The first-order valence-electron chi connectivity index (χ1n) is 6.59. The average molecular weight is 270 g/mol. The first-order valence-corrected chi connectivity index (χ1v) is 6.59. The highest BCUT2D eigenvalue weighted by molar-refractivity contribution is 5.58. The van der Waals surface area contributed by atoms with E-state index in [1.165, 1.54) is 0 Å². The van der Waals surface area contributed by atoms with Crippen molar-refractivity contribution in [3.63, 3.8) is 0 Å². The van der Waals surface area contributed by atoms with Crippen LogP contribution in [0.2, 0.25) is 0 Å². The van der Waals surface area contributed by atoms with E-state index in [9.17, 15) is 0 Å². The summed E-state index contributed by atoms with van der Waals surface area (Å²) in [6, 6.07) is 13.9. The summed E-state index contributed by atoms with van der Waals surface area (Å²) in [6.07, 6.45) is 1.54. The molecule has 0 fully saturated rings. The van der Waals surface area contributed by atoms with Crippen molar-refractivity contribution in [1.82, 2.24) is 9.88 Å². The van der Waals surface area contributed by atoms with E-state index in [0.29, 0.717) is 0 Å². The van der Waals surface area contributed by atoms with Gasteiger partial charge in [0.05, 0.1) is 6.67 Å². The van der Waals surface area contributed by atoms with Crippen LogP contribution in [0.5, 0.6) is 5.75 Å². The van der Waals surface area contributed by atoms with Crippen LogP contribution < -0.4 is 15.0 Å². The molecular formula is C15H18N4O. The normalized spacial score (nSPS) is 16.9. The zero-order valence-corrected chi connectivity index (χ0v) is 11.7. The van der Waals surface area contributed by atoms with Gasteiger partial charge < -0.3 is 10.1 Å². The summed E-state index contributed by atoms with van der Waals surface area (Å²) in [7, 11) is 4.06. The Morgan fingerprint density at radius 1 is 1.20 bits per heavy atom. The van der Waals surface area contributed by atoms with Crippen molar-refractivity contribution in [2.24, 2.45) is 0 Å². The predicted molar refractivity (Wildman–Crippen MR) is 79.8 cm³/mol. The summed E-state index contributed by atoms with van der Waals surface area (Å²) < 4.78 is 5.95. The number of fused-ring (bicyclic) bond motifs is 1. The Labute approximate surface area is 118 Å². The zero-order valence-electron chi connectivity index (χ0n) is 11.7. The van der Waals surface area contributed by atoms with Gasteiger partial charge in [0.1, 0.15) is 0 Å². The van der Waals surface area contributed by atoms with Crippen molar-refractivity contribution in [3.05, 3.63) is 48.7 Å². The largest absolute Gasteiger partial charge is 0.448 e. The molecule has 2 heterocycles. The van der Waals surface area contributed by atoms with Gasteiger partial charge in [0.15, 0.2) is 11.6 Å². The Kier molecular flexibility index (Phi) is 3.43. The van der Waals surface area contributed by atoms with Gasteiger partial charge in [0, 0.05) is 11.9 Å². The quantitative estimate of drug-likeness (QED) is 0.922. The van der Waals surface area contributed by atoms with E-state index in [1.807, 2.05) is 56.6 Å². The second kappa shape index (κ2) is 5.38. The van der Waals surface area contributed by atoms with Crippen molar-refractivity contribution >= 4 is 11.5 Å². The summed E-state index contributed by atoms with van der Waals surface area (Å²) in [5, 5.41) is 3.38. The summed E-state index contributed by atoms with van der Waals surface area (Å²) in [4.78, 5) is 8.61. The third kappa shape index (κ3) is 2.53. The maximum Gasteiger partial charge on any atom is 0.253 e. The first kappa shape index (κ1) is 12.7. The Bertz CT molecular complexity index is 573. The van der Waals surface area contributed by atoms with Crippen LogP contribution in [0.3, 0.4) is 0 Å². The van der Waals surface area contributed by atoms with Crippen LogP contribution in [-0.4, -0.2) is 37.0 Å². The van der Waals surface area contributed by atoms with Gasteiger partial charge in [-0.2, -0.15) is 0 Å². The van der Waals surface area contributed by atoms with E-state index in [-0.39, 0.29) is 6.35 Å². The number of hydrogen-bond donors (Lipinski definition) is 1. The molecule has 3 rings (SSSR count). The standard InChI is InChI=1S/C15H18N4O/c1-18(2)11-19-14-13(9-6-10-16-14)20-15(19)17-12-7-4-3-5-8-12/h3-10,15,17H,11H2,1-2H3. The molecule has 1 aromatic carbocycles. The monoisotopic (exact) mass is 270 g/mol. The van der Waals surface area contributed by atoms with Gasteiger partial charge in [-0.25, -0.2) is 4.98 Å². The van der Waals surface area contributed by atoms with Gasteiger partial charge in [-0.1, -0.05) is 18.2 Å². The van der Waals surface area contributed by atoms with E-state index >= 15 is 0 Å². The molecule has 0 aliphatic carbocycles. The number of nitrogens with zero attached hydrogens (tertiary/aromatic N) is 3. The molecule has 1 atom stereocenters. The molecule has 0 bridgehead atoms. The summed E-state index contributed by atoms with van der Waals surface area (Å²) in [5.41, 5.74) is 1.02. The number of benzene rings is 1. The molecule has 5 nitrogen and oxygen atoms in total. The number of para-hydroxylation sites is 1. The van der Waals surface area contributed by atoms with Crippen LogP contribution in [0.4, 0.5) is 11.5 Å². The number of anilines is 2. The second-order valence-electron chi connectivity index (χ2n) is 5.00. The van der Waals surface area contributed by atoms with Gasteiger partial charge in [0.25, 0.3) is 6.35 Å². The summed E-state index contributed by atoms with van der Waals surface area (Å²) in [5.74, 6) is 1.68. The Hall–Kier alpha value is -2.27. The fourth-order valence-electron chi connectivity index (χ4n) is 2.22. The van der Waals surface area contributed by atoms with Crippen LogP contribution >= 0.6 is 0 Å². The van der Waals surface area contributed by atoms with Gasteiger partial charge in [-0.05, 0) is 38.4 Å². The topological polar surface area (TPSA) is 40.6 Å². The SMILES string of the molecule is CN(C)CN1c2ncccc2OC1Nc1ccccc1. The average Bonchev–Trinajstić information content (AvgIpc) is 2.78. The number of nitrogens with one attached hydrogen (secondary N) is 1. The van der Waals surface area contributed by atoms with E-state index in [0.717, 1.165) is 23.9 Å². The molecular weight excluding hydrogens is 252 g/mol. The predicted octanol–water partition coefficient (Wildman–Crippen LogP) is 2.20. The molecule has 1 N–H and O–H groups in total. The second-order valence-corrected chi connectivity index (χ2v) is 5.00. The lowest BCUT2D eigenvalue weighted by molar-refractivity contribution is 0.234. The van der Waals surface area contributed by atoms with Crippen LogP contribution in [0.15, 0.2) is 48.7 Å². The third-order valence-corrected chi connectivity index (χ3v) is 3.04. The molecule has 1 unspecified atom stereocenters. The Balaban J connectivity index is 1.84. The molecule has 20 heavy (non-hydrogen) atoms. The number of ether oxygens (including phenoxy) is 1. The summed E-state index contributed by atoms with van der Waals surface area (Å²) in [6.45, 7) is 0.731. The van der Waals surface area contributed by atoms with Crippen molar-refractivity contribution in [3.8, 4) is 5.75 Å². The van der Waals surface area contributed by atoms with Crippen molar-refractivity contribution in [2.45, 2.75) is 6.35 Å². The van der Waals surface area contributed by atoms with Gasteiger partial charge in [-0.3, -0.25) is 9.80 Å². The molecule has 5 heteroatoms. The molecule has 104 valence electrons. The fourth-order valence-corrected chi connectivity index (χ4v) is 2.22. The molecule has 1 aliphatic heterocycles. The number of rotatable bonds is 4. The van der Waals surface area contributed by atoms with Crippen LogP contribution in [0.1, 0.15) is 0 Å². The first-order chi connectivity index (χ1) is 9.74. The highest BCUT2D eigenvalue weighted by atomic mass is 16.5. The molecule has 1 aromatic heterocycles. The molecule has 0 saturated carbocycles. The maximum absolute atomic E-state index is 5.95. The van der Waals surface area contributed by atoms with Crippen molar-refractivity contribution in [1.29, 1.82) is 0 Å². The van der Waals surface area contributed by atoms with Crippen LogP contribution in [0.25, 0.3) is 0 Å². The van der Waals surface area contributed by atoms with Crippen LogP contribution in [0, 0.1) is 0 Å². The molecule has 0 saturated heterocycles. The lowest BCUT2D eigenvalue weighted by Crippen LogP contribution is -2.45. The minimum Gasteiger partial charge on any atom is -0.448 e. The Morgan fingerprint density at radius 2 is 2.00 bits per heavy atom.